The molecule has 3 aromatic carbocycles. The lowest BCUT2D eigenvalue weighted by Gasteiger charge is -2.33. The molecule has 9 heteroatoms. The van der Waals surface area contributed by atoms with Crippen molar-refractivity contribution >= 4 is 43.5 Å². The van der Waals surface area contributed by atoms with Crippen molar-refractivity contribution in [2.75, 3.05) is 17.4 Å². The van der Waals surface area contributed by atoms with Gasteiger partial charge in [0.25, 0.3) is 10.0 Å². The van der Waals surface area contributed by atoms with Crippen LogP contribution < -0.4 is 9.62 Å². The van der Waals surface area contributed by atoms with Crippen LogP contribution in [0.5, 0.6) is 0 Å². The minimum atomic E-state index is -4.09. The van der Waals surface area contributed by atoms with Gasteiger partial charge in [-0.3, -0.25) is 13.9 Å². The molecule has 0 fully saturated rings. The summed E-state index contributed by atoms with van der Waals surface area (Å²) in [5.41, 5.74) is 3.16. The summed E-state index contributed by atoms with van der Waals surface area (Å²) >= 11 is 3.40. The Hall–Kier alpha value is -3.17. The van der Waals surface area contributed by atoms with Crippen LogP contribution in [0.4, 0.5) is 5.69 Å². The molecule has 3 rings (SSSR count). The quantitative estimate of drug-likeness (QED) is 0.236. The minimum absolute atomic E-state index is 0.0867. The van der Waals surface area contributed by atoms with Gasteiger partial charge < -0.3 is 10.2 Å². The number of anilines is 1. The van der Waals surface area contributed by atoms with E-state index in [1.54, 1.807) is 48.5 Å². The lowest BCUT2D eigenvalue weighted by Crippen LogP contribution is -2.52. The van der Waals surface area contributed by atoms with E-state index in [0.29, 0.717) is 18.7 Å². The number of aryl methyl sites for hydroxylation is 2. The van der Waals surface area contributed by atoms with Gasteiger partial charge in [-0.2, -0.15) is 0 Å². The first-order chi connectivity index (χ1) is 19.1. The first kappa shape index (κ1) is 31.4. The number of hydrogen-bond acceptors (Lipinski definition) is 4. The highest BCUT2D eigenvalue weighted by Crippen LogP contribution is 2.27. The van der Waals surface area contributed by atoms with Crippen LogP contribution in [0.1, 0.15) is 49.8 Å². The highest BCUT2D eigenvalue weighted by molar-refractivity contribution is 9.10. The highest BCUT2D eigenvalue weighted by Gasteiger charge is 2.33. The van der Waals surface area contributed by atoms with Crippen LogP contribution in [-0.2, 0) is 26.2 Å². The topological polar surface area (TPSA) is 86.8 Å². The molecule has 40 heavy (non-hydrogen) atoms. The van der Waals surface area contributed by atoms with Crippen LogP contribution in [0, 0.1) is 13.8 Å². The molecule has 0 aromatic heterocycles. The summed E-state index contributed by atoms with van der Waals surface area (Å²) in [6.45, 7) is 7.99. The van der Waals surface area contributed by atoms with Gasteiger partial charge in [-0.25, -0.2) is 8.42 Å². The predicted molar refractivity (Wildman–Crippen MR) is 164 cm³/mol. The molecule has 1 atom stereocenters. The van der Waals surface area contributed by atoms with E-state index in [4.69, 9.17) is 0 Å². The van der Waals surface area contributed by atoms with E-state index in [-0.39, 0.29) is 17.3 Å². The van der Waals surface area contributed by atoms with Crippen molar-refractivity contribution in [1.82, 2.24) is 10.2 Å². The van der Waals surface area contributed by atoms with Crippen molar-refractivity contribution < 1.29 is 18.0 Å². The van der Waals surface area contributed by atoms with Crippen LogP contribution in [0.2, 0.25) is 0 Å². The molecule has 214 valence electrons. The zero-order valence-corrected chi connectivity index (χ0v) is 26.0. The zero-order valence-electron chi connectivity index (χ0n) is 23.6. The maximum Gasteiger partial charge on any atom is 0.264 e. The third kappa shape index (κ3) is 7.95. The first-order valence-electron chi connectivity index (χ1n) is 13.5. The van der Waals surface area contributed by atoms with E-state index in [9.17, 15) is 18.0 Å². The molecular weight excluding hydrogens is 590 g/mol. The number of carbonyl (C=O) groups is 2. The fraction of sp³-hybridized carbons (Fsp3) is 0.355. The van der Waals surface area contributed by atoms with Gasteiger partial charge >= 0.3 is 0 Å². The van der Waals surface area contributed by atoms with E-state index in [1.807, 2.05) is 52.0 Å². The van der Waals surface area contributed by atoms with Gasteiger partial charge in [0.1, 0.15) is 12.6 Å². The Labute approximate surface area is 246 Å². The Kier molecular flexibility index (Phi) is 11.3. The van der Waals surface area contributed by atoms with Crippen LogP contribution in [0.15, 0.2) is 82.2 Å². The second kappa shape index (κ2) is 14.5. The van der Waals surface area contributed by atoms with Gasteiger partial charge in [-0.05, 0) is 74.2 Å². The number of rotatable bonds is 13. The number of carbonyl (C=O) groups excluding carboxylic acids is 2. The van der Waals surface area contributed by atoms with Crippen LogP contribution in [-0.4, -0.2) is 44.3 Å². The van der Waals surface area contributed by atoms with Gasteiger partial charge in [-0.1, -0.05) is 78.2 Å². The van der Waals surface area contributed by atoms with Gasteiger partial charge in [0.05, 0.1) is 10.6 Å². The summed E-state index contributed by atoms with van der Waals surface area (Å²) < 4.78 is 29.7. The Morgan fingerprint density at radius 2 is 1.57 bits per heavy atom. The van der Waals surface area contributed by atoms with Gasteiger partial charge in [0, 0.05) is 17.6 Å². The molecule has 2 amide bonds. The Morgan fingerprint density at radius 3 is 2.17 bits per heavy atom. The molecule has 0 aliphatic carbocycles. The van der Waals surface area contributed by atoms with Crippen molar-refractivity contribution in [1.29, 1.82) is 0 Å². The average molecular weight is 629 g/mol. The predicted octanol–water partition coefficient (Wildman–Crippen LogP) is 5.98. The highest BCUT2D eigenvalue weighted by atomic mass is 79.9. The molecule has 0 radical (unpaired) electrons. The van der Waals surface area contributed by atoms with Gasteiger partial charge in [0.2, 0.25) is 11.8 Å². The number of halogens is 1. The molecule has 0 saturated carbocycles. The third-order valence-corrected chi connectivity index (χ3v) is 9.14. The number of benzene rings is 3. The Bertz CT molecular complexity index is 1390. The summed E-state index contributed by atoms with van der Waals surface area (Å²) in [5, 5.41) is 2.95. The van der Waals surface area contributed by atoms with Crippen LogP contribution in [0.3, 0.4) is 0 Å². The molecular formula is C31H38BrN3O4S. The molecule has 0 spiro atoms. The molecule has 3 aromatic rings. The van der Waals surface area contributed by atoms with E-state index in [2.05, 4.69) is 21.2 Å². The third-order valence-electron chi connectivity index (χ3n) is 6.82. The molecule has 7 nitrogen and oxygen atoms in total. The van der Waals surface area contributed by atoms with Crippen molar-refractivity contribution in [3.8, 4) is 0 Å². The summed E-state index contributed by atoms with van der Waals surface area (Å²) in [5.74, 6) is -0.700. The normalized spacial score (nSPS) is 12.0. The van der Waals surface area contributed by atoms with Crippen molar-refractivity contribution in [3.63, 3.8) is 0 Å². The average Bonchev–Trinajstić information content (AvgIpc) is 2.93. The molecule has 0 heterocycles. The van der Waals surface area contributed by atoms with Crippen LogP contribution >= 0.6 is 15.9 Å². The fourth-order valence-electron chi connectivity index (χ4n) is 4.37. The molecule has 0 bridgehead atoms. The standard InChI is InChI=1S/C31H38BrN3O4S/c1-5-7-20-33-31(37)29(6-2)34(21-25-11-9-8-10-24(25)4)30(36)22-35(27-16-14-26(32)15-17-27)40(38,39)28-18-12-23(3)13-19-28/h8-19,29H,5-7,20-22H2,1-4H3,(H,33,37). The maximum atomic E-state index is 14.1. The van der Waals surface area contributed by atoms with E-state index in [0.717, 1.165) is 38.3 Å². The largest absolute Gasteiger partial charge is 0.354 e. The van der Waals surface area contributed by atoms with E-state index in [1.165, 1.54) is 4.90 Å². The minimum Gasteiger partial charge on any atom is -0.354 e. The van der Waals surface area contributed by atoms with Crippen molar-refractivity contribution in [2.45, 2.75) is 64.4 Å². The van der Waals surface area contributed by atoms with E-state index < -0.39 is 28.5 Å². The number of hydrogen-bond donors (Lipinski definition) is 1. The summed E-state index contributed by atoms with van der Waals surface area (Å²) in [6, 6.07) is 20.3. The molecule has 0 saturated heterocycles. The number of nitrogens with one attached hydrogen (secondary N) is 1. The lowest BCUT2D eigenvalue weighted by molar-refractivity contribution is -0.140. The monoisotopic (exact) mass is 627 g/mol. The van der Waals surface area contributed by atoms with Crippen molar-refractivity contribution in [3.05, 3.63) is 94.0 Å². The summed E-state index contributed by atoms with van der Waals surface area (Å²) in [6.07, 6.45) is 2.15. The number of sulfonamides is 1. The second-order valence-electron chi connectivity index (χ2n) is 9.82. The Balaban J connectivity index is 2.04. The van der Waals surface area contributed by atoms with E-state index >= 15 is 0 Å². The summed E-state index contributed by atoms with van der Waals surface area (Å²) in [4.78, 5) is 29.0. The fourth-order valence-corrected chi connectivity index (χ4v) is 6.05. The molecule has 0 aliphatic heterocycles. The van der Waals surface area contributed by atoms with Gasteiger partial charge in [-0.15, -0.1) is 0 Å². The molecule has 1 unspecified atom stereocenters. The molecule has 0 aliphatic rings. The Morgan fingerprint density at radius 1 is 0.925 bits per heavy atom. The second-order valence-corrected chi connectivity index (χ2v) is 12.6. The summed E-state index contributed by atoms with van der Waals surface area (Å²) in [7, 11) is -4.09. The van der Waals surface area contributed by atoms with Crippen LogP contribution in [0.25, 0.3) is 0 Å². The smallest absolute Gasteiger partial charge is 0.264 e. The zero-order chi connectivity index (χ0) is 29.3. The van der Waals surface area contributed by atoms with Gasteiger partial charge in [0.15, 0.2) is 0 Å². The number of unbranched alkanes of at least 4 members (excludes halogenated alkanes) is 1. The molecule has 1 N–H and O–H groups in total. The lowest BCUT2D eigenvalue weighted by atomic mass is 10.1. The first-order valence-corrected chi connectivity index (χ1v) is 15.8. The number of nitrogens with zero attached hydrogens (tertiary/aromatic N) is 2. The maximum absolute atomic E-state index is 14.1. The van der Waals surface area contributed by atoms with Crippen molar-refractivity contribution in [2.24, 2.45) is 0 Å². The number of amides is 2. The SMILES string of the molecule is CCCCNC(=O)C(CC)N(Cc1ccccc1C)C(=O)CN(c1ccc(Br)cc1)S(=O)(=O)c1ccc(C)cc1.